The van der Waals surface area contributed by atoms with Gasteiger partial charge in [-0.05, 0) is 30.8 Å². The van der Waals surface area contributed by atoms with Gasteiger partial charge in [-0.25, -0.2) is 0 Å². The van der Waals surface area contributed by atoms with Crippen LogP contribution in [0.5, 0.6) is 0 Å². The Balaban J connectivity index is 1.70. The maximum Gasteiger partial charge on any atom is 0.0793 e. The number of aliphatic hydroxyl groups is 1. The van der Waals surface area contributed by atoms with E-state index in [1.54, 1.807) is 0 Å². The maximum absolute atomic E-state index is 10.3. The van der Waals surface area contributed by atoms with E-state index in [9.17, 15) is 5.11 Å². The fourth-order valence-electron chi connectivity index (χ4n) is 3.11. The minimum absolute atomic E-state index is 0.252. The van der Waals surface area contributed by atoms with Gasteiger partial charge in [0.2, 0.25) is 0 Å². The molecule has 1 atom stereocenters. The van der Waals surface area contributed by atoms with Crippen molar-refractivity contribution in [3.63, 3.8) is 0 Å². The van der Waals surface area contributed by atoms with Crippen LogP contribution in [0, 0.1) is 0 Å². The number of halogens is 1. The Bertz CT molecular complexity index is 442. The zero-order valence-electron chi connectivity index (χ0n) is 14.4. The minimum atomic E-state index is -0.252. The highest BCUT2D eigenvalue weighted by Gasteiger charge is 2.20. The van der Waals surface area contributed by atoms with Crippen molar-refractivity contribution in [2.75, 3.05) is 52.4 Å². The normalized spacial score (nSPS) is 18.5. The second-order valence-corrected chi connectivity index (χ2v) is 6.78. The lowest BCUT2D eigenvalue weighted by Crippen LogP contribution is -2.49. The van der Waals surface area contributed by atoms with E-state index < -0.39 is 0 Å². The van der Waals surface area contributed by atoms with Gasteiger partial charge in [0.25, 0.3) is 0 Å². The molecular formula is C18H30ClN3O. The molecule has 1 aromatic rings. The molecule has 0 amide bonds. The Morgan fingerprint density at radius 3 is 2.17 bits per heavy atom. The molecule has 1 fully saturated rings. The van der Waals surface area contributed by atoms with E-state index in [4.69, 9.17) is 11.6 Å². The molecule has 1 aliphatic heterocycles. The van der Waals surface area contributed by atoms with Crippen LogP contribution < -0.4 is 0 Å². The Morgan fingerprint density at radius 1 is 1.04 bits per heavy atom. The van der Waals surface area contributed by atoms with Crippen molar-refractivity contribution < 1.29 is 5.11 Å². The predicted octanol–water partition coefficient (Wildman–Crippen LogP) is 2.16. The molecule has 1 N–H and O–H groups in total. The van der Waals surface area contributed by atoms with Crippen molar-refractivity contribution in [2.45, 2.75) is 26.5 Å². The molecule has 0 saturated carbocycles. The van der Waals surface area contributed by atoms with E-state index in [0.717, 1.165) is 63.9 Å². The van der Waals surface area contributed by atoms with Crippen LogP contribution in [0.1, 0.15) is 19.4 Å². The number of aliphatic hydroxyl groups excluding tert-OH is 1. The van der Waals surface area contributed by atoms with Crippen molar-refractivity contribution in [3.05, 3.63) is 34.9 Å². The van der Waals surface area contributed by atoms with E-state index in [1.807, 2.05) is 12.1 Å². The largest absolute Gasteiger partial charge is 0.390 e. The van der Waals surface area contributed by atoms with Crippen LogP contribution in [-0.2, 0) is 6.54 Å². The Morgan fingerprint density at radius 2 is 1.61 bits per heavy atom. The first-order chi connectivity index (χ1) is 11.1. The summed E-state index contributed by atoms with van der Waals surface area (Å²) >= 11 is 5.93. The molecule has 1 saturated heterocycles. The summed E-state index contributed by atoms with van der Waals surface area (Å²) in [6.45, 7) is 13.0. The van der Waals surface area contributed by atoms with E-state index >= 15 is 0 Å². The quantitative estimate of drug-likeness (QED) is 0.786. The van der Waals surface area contributed by atoms with E-state index in [1.165, 1.54) is 5.56 Å². The Hall–Kier alpha value is -0.650. The number of rotatable bonds is 8. The van der Waals surface area contributed by atoms with Gasteiger partial charge >= 0.3 is 0 Å². The average molecular weight is 340 g/mol. The highest BCUT2D eigenvalue weighted by molar-refractivity contribution is 6.30. The van der Waals surface area contributed by atoms with Crippen LogP contribution in [0.15, 0.2) is 24.3 Å². The Kier molecular flexibility index (Phi) is 7.80. The zero-order valence-corrected chi connectivity index (χ0v) is 15.2. The summed E-state index contributed by atoms with van der Waals surface area (Å²) in [5.41, 5.74) is 1.31. The number of piperazine rings is 1. The molecule has 1 unspecified atom stereocenters. The third kappa shape index (κ3) is 6.40. The van der Waals surface area contributed by atoms with Gasteiger partial charge < -0.3 is 10.0 Å². The summed E-state index contributed by atoms with van der Waals surface area (Å²) in [6.07, 6.45) is -0.252. The first kappa shape index (κ1) is 18.7. The summed E-state index contributed by atoms with van der Waals surface area (Å²) in [4.78, 5) is 7.13. The molecule has 1 heterocycles. The first-order valence-electron chi connectivity index (χ1n) is 8.70. The molecule has 0 aliphatic carbocycles. The predicted molar refractivity (Wildman–Crippen MR) is 97.0 cm³/mol. The third-order valence-electron chi connectivity index (χ3n) is 4.62. The molecule has 130 valence electrons. The van der Waals surface area contributed by atoms with Crippen LogP contribution in [0.4, 0.5) is 0 Å². The lowest BCUT2D eigenvalue weighted by atomic mass is 10.2. The van der Waals surface area contributed by atoms with Gasteiger partial charge in [0.1, 0.15) is 0 Å². The summed E-state index contributed by atoms with van der Waals surface area (Å²) in [5.74, 6) is 0. The first-order valence-corrected chi connectivity index (χ1v) is 9.08. The topological polar surface area (TPSA) is 30.0 Å². The molecule has 0 radical (unpaired) electrons. The fourth-order valence-corrected chi connectivity index (χ4v) is 3.24. The molecule has 0 aromatic heterocycles. The lowest BCUT2D eigenvalue weighted by molar-refractivity contribution is 0.0509. The Labute approximate surface area is 145 Å². The number of hydrogen-bond donors (Lipinski definition) is 1. The van der Waals surface area contributed by atoms with Crippen LogP contribution in [0.2, 0.25) is 5.02 Å². The molecule has 4 nitrogen and oxygen atoms in total. The van der Waals surface area contributed by atoms with Crippen molar-refractivity contribution >= 4 is 11.6 Å². The maximum atomic E-state index is 10.3. The van der Waals surface area contributed by atoms with Gasteiger partial charge in [0.05, 0.1) is 6.10 Å². The monoisotopic (exact) mass is 339 g/mol. The van der Waals surface area contributed by atoms with Gasteiger partial charge in [-0.3, -0.25) is 9.80 Å². The SMILES string of the molecule is CCN(CC)CC(O)CN1CCN(Cc2ccc(Cl)cc2)CC1. The van der Waals surface area contributed by atoms with Crippen LogP contribution in [0.3, 0.4) is 0 Å². The zero-order chi connectivity index (χ0) is 16.7. The molecule has 5 heteroatoms. The fraction of sp³-hybridized carbons (Fsp3) is 0.667. The summed E-state index contributed by atoms with van der Waals surface area (Å²) in [5, 5.41) is 11.0. The number of benzene rings is 1. The second-order valence-electron chi connectivity index (χ2n) is 6.34. The number of likely N-dealkylation sites (N-methyl/N-ethyl adjacent to an activating group) is 1. The molecular weight excluding hydrogens is 310 g/mol. The number of nitrogens with zero attached hydrogens (tertiary/aromatic N) is 3. The molecule has 23 heavy (non-hydrogen) atoms. The smallest absolute Gasteiger partial charge is 0.0793 e. The van der Waals surface area contributed by atoms with Crippen molar-refractivity contribution in [1.82, 2.24) is 14.7 Å². The van der Waals surface area contributed by atoms with Crippen molar-refractivity contribution in [1.29, 1.82) is 0 Å². The lowest BCUT2D eigenvalue weighted by Gasteiger charge is -2.36. The molecule has 1 aliphatic rings. The number of β-amino-alcohol motifs (C(OH)–C–C–N with tert-alkyl or cyclic N) is 1. The highest BCUT2D eigenvalue weighted by atomic mass is 35.5. The van der Waals surface area contributed by atoms with Gasteiger partial charge in [0, 0.05) is 50.8 Å². The van der Waals surface area contributed by atoms with Crippen LogP contribution in [-0.4, -0.2) is 78.3 Å². The van der Waals surface area contributed by atoms with Gasteiger partial charge in [-0.15, -0.1) is 0 Å². The van der Waals surface area contributed by atoms with E-state index in [0.29, 0.717) is 0 Å². The summed E-state index contributed by atoms with van der Waals surface area (Å²) < 4.78 is 0. The standard InChI is InChI=1S/C18H30ClN3O/c1-3-20(4-2)14-18(23)15-22-11-9-21(10-12-22)13-16-5-7-17(19)8-6-16/h5-8,18,23H,3-4,9-15H2,1-2H3. The average Bonchev–Trinajstić information content (AvgIpc) is 2.56. The van der Waals surface area contributed by atoms with Crippen molar-refractivity contribution in [3.8, 4) is 0 Å². The minimum Gasteiger partial charge on any atom is -0.390 e. The van der Waals surface area contributed by atoms with Crippen LogP contribution >= 0.6 is 11.6 Å². The van der Waals surface area contributed by atoms with Gasteiger partial charge in [-0.1, -0.05) is 37.6 Å². The molecule has 0 bridgehead atoms. The molecule has 1 aromatic carbocycles. The second kappa shape index (κ2) is 9.60. The van der Waals surface area contributed by atoms with E-state index in [2.05, 4.69) is 40.7 Å². The third-order valence-corrected chi connectivity index (χ3v) is 4.87. The van der Waals surface area contributed by atoms with E-state index in [-0.39, 0.29) is 6.10 Å². The summed E-state index contributed by atoms with van der Waals surface area (Å²) in [6, 6.07) is 8.11. The number of hydrogen-bond acceptors (Lipinski definition) is 4. The van der Waals surface area contributed by atoms with Crippen molar-refractivity contribution in [2.24, 2.45) is 0 Å². The van der Waals surface area contributed by atoms with Gasteiger partial charge in [-0.2, -0.15) is 0 Å². The van der Waals surface area contributed by atoms with Gasteiger partial charge in [0.15, 0.2) is 0 Å². The highest BCUT2D eigenvalue weighted by Crippen LogP contribution is 2.13. The summed E-state index contributed by atoms with van der Waals surface area (Å²) in [7, 11) is 0. The molecule has 0 spiro atoms. The van der Waals surface area contributed by atoms with Crippen LogP contribution in [0.25, 0.3) is 0 Å². The molecule has 2 rings (SSSR count).